The summed E-state index contributed by atoms with van der Waals surface area (Å²) in [7, 11) is 1.62. The molecule has 2 aromatic heterocycles. The second kappa shape index (κ2) is 9.93. The summed E-state index contributed by atoms with van der Waals surface area (Å²) in [4.78, 5) is 21.5. The fraction of sp³-hybridized carbons (Fsp3) is 0.462. The van der Waals surface area contributed by atoms with Crippen LogP contribution in [0.1, 0.15) is 39.5 Å². The minimum absolute atomic E-state index is 0.265. The number of ether oxygens (including phenoxy) is 1. The van der Waals surface area contributed by atoms with Crippen molar-refractivity contribution in [3.63, 3.8) is 0 Å². The normalized spacial score (nSPS) is 17.3. The quantitative estimate of drug-likeness (QED) is 0.504. The topological polar surface area (TPSA) is 115 Å². The first kappa shape index (κ1) is 23.9. The first-order valence-electron chi connectivity index (χ1n) is 12.0. The molecule has 4 heterocycles. The molecule has 5 rings (SSSR count). The zero-order chi connectivity index (χ0) is 24.3. The van der Waals surface area contributed by atoms with Crippen LogP contribution in [0.3, 0.4) is 0 Å². The number of pyridine rings is 1. The molecular formula is C26H36N6O2. The van der Waals surface area contributed by atoms with Crippen LogP contribution in [0.2, 0.25) is 0 Å². The van der Waals surface area contributed by atoms with E-state index in [0.717, 1.165) is 43.2 Å². The third-order valence-electron chi connectivity index (χ3n) is 6.62. The number of nitrogen functional groups attached to an aromatic ring is 2. The van der Waals surface area contributed by atoms with Crippen molar-refractivity contribution in [2.75, 3.05) is 42.7 Å². The van der Waals surface area contributed by atoms with Gasteiger partial charge in [-0.1, -0.05) is 19.9 Å². The number of aromatic amines is 1. The predicted octanol–water partition coefficient (Wildman–Crippen LogP) is 4.03. The van der Waals surface area contributed by atoms with E-state index < -0.39 is 0 Å². The lowest BCUT2D eigenvalue weighted by atomic mass is 9.87. The Kier molecular flexibility index (Phi) is 6.97. The molecule has 0 amide bonds. The van der Waals surface area contributed by atoms with Crippen LogP contribution in [0.5, 0.6) is 0 Å². The van der Waals surface area contributed by atoms with Gasteiger partial charge in [-0.2, -0.15) is 0 Å². The van der Waals surface area contributed by atoms with Gasteiger partial charge in [0.15, 0.2) is 0 Å². The lowest BCUT2D eigenvalue weighted by Gasteiger charge is -2.28. The highest BCUT2D eigenvalue weighted by Crippen LogP contribution is 2.33. The van der Waals surface area contributed by atoms with E-state index in [2.05, 4.69) is 40.8 Å². The fourth-order valence-corrected chi connectivity index (χ4v) is 4.45. The molecule has 2 aliphatic rings. The molecule has 1 aromatic carbocycles. The zero-order valence-corrected chi connectivity index (χ0v) is 20.4. The summed E-state index contributed by atoms with van der Waals surface area (Å²) in [6, 6.07) is 9.82. The van der Waals surface area contributed by atoms with E-state index in [1.807, 2.05) is 24.4 Å². The Bertz CT molecular complexity index is 1160. The third-order valence-corrected chi connectivity index (χ3v) is 6.62. The monoisotopic (exact) mass is 464 g/mol. The smallest absolute Gasteiger partial charge is 0.327 e. The SMILES string of the molecule is CC1(C)CCCOC1.Cn1c(N)c(-c2cc(-c3ccc(N4CCCC4)nc3)ccc2N)[nH]c1=O. The molecule has 0 bridgehead atoms. The average molecular weight is 465 g/mol. The van der Waals surface area contributed by atoms with Crippen LogP contribution < -0.4 is 22.1 Å². The van der Waals surface area contributed by atoms with E-state index in [4.69, 9.17) is 16.2 Å². The van der Waals surface area contributed by atoms with Gasteiger partial charge >= 0.3 is 5.69 Å². The molecule has 0 aliphatic carbocycles. The van der Waals surface area contributed by atoms with Crippen LogP contribution >= 0.6 is 0 Å². The number of anilines is 3. The van der Waals surface area contributed by atoms with Gasteiger partial charge in [-0.15, -0.1) is 0 Å². The van der Waals surface area contributed by atoms with Crippen LogP contribution in [-0.2, 0) is 11.8 Å². The van der Waals surface area contributed by atoms with Gasteiger partial charge in [0.05, 0.1) is 12.3 Å². The highest BCUT2D eigenvalue weighted by molar-refractivity contribution is 5.84. The standard InChI is InChI=1S/C19H22N6O.C7H14O/c1-24-18(21)17(23-19(24)26)14-10-12(4-6-15(14)20)13-5-7-16(22-11-13)25-8-2-3-9-25;1-7(2)4-3-5-8-6-7/h4-7,10-11H,2-3,8-9,20-21H2,1H3,(H,23,26);3-6H2,1-2H3. The van der Waals surface area contributed by atoms with Gasteiger partial charge in [-0.25, -0.2) is 9.78 Å². The average Bonchev–Trinajstić information content (AvgIpc) is 3.45. The summed E-state index contributed by atoms with van der Waals surface area (Å²) in [5, 5.41) is 0. The Morgan fingerprint density at radius 1 is 1.06 bits per heavy atom. The molecular weight excluding hydrogens is 428 g/mol. The number of imidazole rings is 1. The maximum Gasteiger partial charge on any atom is 0.327 e. The summed E-state index contributed by atoms with van der Waals surface area (Å²) < 4.78 is 6.65. The Morgan fingerprint density at radius 2 is 1.79 bits per heavy atom. The molecule has 0 spiro atoms. The first-order chi connectivity index (χ1) is 16.2. The summed E-state index contributed by atoms with van der Waals surface area (Å²) in [6.07, 6.45) is 6.89. The number of benzene rings is 1. The number of hydrogen-bond donors (Lipinski definition) is 3. The highest BCUT2D eigenvalue weighted by Gasteiger charge is 2.21. The van der Waals surface area contributed by atoms with Crippen molar-refractivity contribution in [3.8, 4) is 22.4 Å². The lowest BCUT2D eigenvalue weighted by Crippen LogP contribution is -2.24. The molecule has 182 valence electrons. The van der Waals surface area contributed by atoms with Gasteiger partial charge in [-0.05, 0) is 60.9 Å². The minimum atomic E-state index is -0.265. The molecule has 8 heteroatoms. The molecule has 0 saturated carbocycles. The van der Waals surface area contributed by atoms with Crippen LogP contribution in [0, 0.1) is 5.41 Å². The van der Waals surface area contributed by atoms with Crippen molar-refractivity contribution in [1.82, 2.24) is 14.5 Å². The van der Waals surface area contributed by atoms with E-state index in [1.54, 1.807) is 7.05 Å². The van der Waals surface area contributed by atoms with E-state index in [-0.39, 0.29) is 5.69 Å². The molecule has 8 nitrogen and oxygen atoms in total. The number of nitrogens with zero attached hydrogens (tertiary/aromatic N) is 3. The molecule has 2 fully saturated rings. The van der Waals surface area contributed by atoms with Gasteiger partial charge in [0.25, 0.3) is 0 Å². The first-order valence-corrected chi connectivity index (χ1v) is 12.0. The summed E-state index contributed by atoms with van der Waals surface area (Å²) in [6.45, 7) is 8.58. The number of H-pyrrole nitrogens is 1. The lowest BCUT2D eigenvalue weighted by molar-refractivity contribution is 0.0127. The molecule has 3 aromatic rings. The maximum atomic E-state index is 11.8. The summed E-state index contributed by atoms with van der Waals surface area (Å²) in [5.74, 6) is 1.37. The highest BCUT2D eigenvalue weighted by atomic mass is 16.5. The zero-order valence-electron chi connectivity index (χ0n) is 20.4. The van der Waals surface area contributed by atoms with E-state index in [9.17, 15) is 4.79 Å². The molecule has 0 atom stereocenters. The van der Waals surface area contributed by atoms with Gasteiger partial charge in [0.1, 0.15) is 11.6 Å². The molecule has 34 heavy (non-hydrogen) atoms. The van der Waals surface area contributed by atoms with Crippen LogP contribution in [0.4, 0.5) is 17.3 Å². The summed E-state index contributed by atoms with van der Waals surface area (Å²) in [5.41, 5.74) is 16.1. The van der Waals surface area contributed by atoms with E-state index in [1.165, 1.54) is 30.3 Å². The molecule has 0 unspecified atom stereocenters. The minimum Gasteiger partial charge on any atom is -0.398 e. The number of nitrogens with one attached hydrogen (secondary N) is 1. The van der Waals surface area contributed by atoms with Crippen molar-refractivity contribution < 1.29 is 4.74 Å². The molecule has 2 saturated heterocycles. The number of nitrogens with two attached hydrogens (primary N) is 2. The van der Waals surface area contributed by atoms with Gasteiger partial charge in [0.2, 0.25) is 0 Å². The van der Waals surface area contributed by atoms with Crippen LogP contribution in [0.25, 0.3) is 22.4 Å². The van der Waals surface area contributed by atoms with E-state index in [0.29, 0.717) is 28.2 Å². The Morgan fingerprint density at radius 3 is 2.32 bits per heavy atom. The second-order valence-corrected chi connectivity index (χ2v) is 9.97. The number of rotatable bonds is 3. The van der Waals surface area contributed by atoms with Crippen LogP contribution in [0.15, 0.2) is 41.3 Å². The Balaban J connectivity index is 0.000000291. The van der Waals surface area contributed by atoms with Gasteiger partial charge in [-0.3, -0.25) is 4.57 Å². The van der Waals surface area contributed by atoms with Crippen molar-refractivity contribution in [1.29, 1.82) is 0 Å². The van der Waals surface area contributed by atoms with Gasteiger partial charge < -0.3 is 26.1 Å². The van der Waals surface area contributed by atoms with Crippen molar-refractivity contribution in [3.05, 3.63) is 47.0 Å². The van der Waals surface area contributed by atoms with E-state index >= 15 is 0 Å². The van der Waals surface area contributed by atoms with Crippen molar-refractivity contribution in [2.45, 2.75) is 39.5 Å². The van der Waals surface area contributed by atoms with Gasteiger partial charge in [0, 0.05) is 49.8 Å². The Hall–Kier alpha value is -3.26. The molecule has 2 aliphatic heterocycles. The maximum absolute atomic E-state index is 11.8. The van der Waals surface area contributed by atoms with Crippen molar-refractivity contribution >= 4 is 17.3 Å². The van der Waals surface area contributed by atoms with Crippen LogP contribution in [-0.4, -0.2) is 40.8 Å². The number of hydrogen-bond acceptors (Lipinski definition) is 6. The number of aromatic nitrogens is 3. The third kappa shape index (κ3) is 5.28. The summed E-state index contributed by atoms with van der Waals surface area (Å²) >= 11 is 0. The largest absolute Gasteiger partial charge is 0.398 e. The fourth-order valence-electron chi connectivity index (χ4n) is 4.45. The Labute approximate surface area is 200 Å². The second-order valence-electron chi connectivity index (χ2n) is 9.97. The molecule has 0 radical (unpaired) electrons. The predicted molar refractivity (Wildman–Crippen MR) is 139 cm³/mol. The molecule has 5 N–H and O–H groups in total. The van der Waals surface area contributed by atoms with Crippen molar-refractivity contribution in [2.24, 2.45) is 12.5 Å².